The molecule has 0 spiro atoms. The highest BCUT2D eigenvalue weighted by molar-refractivity contribution is 5.81. The standard InChI is InChI=1S/C11H11NO2.C10H9NO2/c1-7-5-8-3-4-9(14-2)6-10(8)12-11(7)13;1-6-4-7-2-3-8(12)5-9(7)11-10(6)13/h3-6H,1-2H3,(H,12,13);2-5,12H,1H3,(H,11,13). The zero-order valence-corrected chi connectivity index (χ0v) is 15.3. The lowest BCUT2D eigenvalue weighted by Gasteiger charge is -2.02. The summed E-state index contributed by atoms with van der Waals surface area (Å²) in [4.78, 5) is 28.0. The van der Waals surface area contributed by atoms with Crippen LogP contribution in [0.3, 0.4) is 0 Å². The summed E-state index contributed by atoms with van der Waals surface area (Å²) in [6, 6.07) is 14.2. The third-order valence-electron chi connectivity index (χ3n) is 4.25. The molecule has 2 heterocycles. The summed E-state index contributed by atoms with van der Waals surface area (Å²) in [5.41, 5.74) is 2.71. The van der Waals surface area contributed by atoms with E-state index >= 15 is 0 Å². The van der Waals surface area contributed by atoms with E-state index in [0.29, 0.717) is 11.1 Å². The van der Waals surface area contributed by atoms with Crippen molar-refractivity contribution in [3.05, 3.63) is 80.4 Å². The fraction of sp³-hybridized carbons (Fsp3) is 0.143. The van der Waals surface area contributed by atoms with Crippen molar-refractivity contribution < 1.29 is 9.84 Å². The number of rotatable bonds is 1. The Bertz CT molecular complexity index is 1240. The number of aromatic hydroxyl groups is 1. The minimum Gasteiger partial charge on any atom is -0.508 e. The van der Waals surface area contributed by atoms with Crippen molar-refractivity contribution >= 4 is 21.8 Å². The van der Waals surface area contributed by atoms with Crippen LogP contribution in [0, 0.1) is 13.8 Å². The van der Waals surface area contributed by atoms with Gasteiger partial charge in [0.2, 0.25) is 0 Å². The number of hydrogen-bond acceptors (Lipinski definition) is 4. The average Bonchev–Trinajstić information content (AvgIpc) is 2.64. The van der Waals surface area contributed by atoms with Gasteiger partial charge in [0.1, 0.15) is 11.5 Å². The molecule has 0 amide bonds. The lowest BCUT2D eigenvalue weighted by Crippen LogP contribution is -2.08. The van der Waals surface area contributed by atoms with Crippen LogP contribution >= 0.6 is 0 Å². The van der Waals surface area contributed by atoms with Gasteiger partial charge in [0, 0.05) is 23.3 Å². The number of aromatic nitrogens is 2. The number of phenolic OH excluding ortho intramolecular Hbond substituents is 1. The molecule has 0 saturated carbocycles. The van der Waals surface area contributed by atoms with Gasteiger partial charge in [-0.3, -0.25) is 9.59 Å². The molecular formula is C21H20N2O4. The molecule has 0 atom stereocenters. The average molecular weight is 364 g/mol. The van der Waals surface area contributed by atoms with Crippen LogP contribution in [0.15, 0.2) is 58.1 Å². The van der Waals surface area contributed by atoms with E-state index in [0.717, 1.165) is 27.6 Å². The first-order chi connectivity index (χ1) is 12.9. The van der Waals surface area contributed by atoms with Gasteiger partial charge >= 0.3 is 0 Å². The molecule has 0 bridgehead atoms. The number of aryl methyl sites for hydroxylation is 2. The Morgan fingerprint density at radius 3 is 1.85 bits per heavy atom. The summed E-state index contributed by atoms with van der Waals surface area (Å²) in [5, 5.41) is 11.1. The fourth-order valence-corrected chi connectivity index (χ4v) is 2.71. The number of benzene rings is 2. The monoisotopic (exact) mass is 364 g/mol. The third kappa shape index (κ3) is 4.00. The number of nitrogens with one attached hydrogen (secondary N) is 2. The second kappa shape index (κ2) is 7.37. The molecule has 0 aliphatic rings. The van der Waals surface area contributed by atoms with E-state index in [1.54, 1.807) is 39.2 Å². The topological polar surface area (TPSA) is 95.2 Å². The van der Waals surface area contributed by atoms with Crippen molar-refractivity contribution in [3.8, 4) is 11.5 Å². The van der Waals surface area contributed by atoms with E-state index in [9.17, 15) is 9.59 Å². The molecule has 4 rings (SSSR count). The van der Waals surface area contributed by atoms with Crippen LogP contribution < -0.4 is 15.9 Å². The van der Waals surface area contributed by atoms with Crippen molar-refractivity contribution in [3.63, 3.8) is 0 Å². The van der Waals surface area contributed by atoms with E-state index in [1.165, 1.54) is 6.07 Å². The van der Waals surface area contributed by atoms with Crippen molar-refractivity contribution in [2.75, 3.05) is 7.11 Å². The predicted molar refractivity (Wildman–Crippen MR) is 107 cm³/mol. The summed E-state index contributed by atoms with van der Waals surface area (Å²) >= 11 is 0. The number of phenols is 1. The van der Waals surface area contributed by atoms with Crippen LogP contribution in [-0.4, -0.2) is 22.2 Å². The second-order valence-electron chi connectivity index (χ2n) is 6.29. The Hall–Kier alpha value is -3.54. The summed E-state index contributed by atoms with van der Waals surface area (Å²) in [6.07, 6.45) is 0. The summed E-state index contributed by atoms with van der Waals surface area (Å²) < 4.78 is 5.07. The summed E-state index contributed by atoms with van der Waals surface area (Å²) in [6.45, 7) is 3.55. The Labute approximate surface area is 155 Å². The first kappa shape index (κ1) is 18.3. The Morgan fingerprint density at radius 2 is 1.30 bits per heavy atom. The summed E-state index contributed by atoms with van der Waals surface area (Å²) in [7, 11) is 1.60. The second-order valence-corrected chi connectivity index (χ2v) is 6.29. The van der Waals surface area contributed by atoms with Gasteiger partial charge in [-0.2, -0.15) is 0 Å². The molecule has 0 fully saturated rings. The minimum absolute atomic E-state index is 0.0502. The molecule has 6 heteroatoms. The number of ether oxygens (including phenoxy) is 1. The molecule has 2 aromatic heterocycles. The van der Waals surface area contributed by atoms with Crippen molar-refractivity contribution in [1.82, 2.24) is 9.97 Å². The van der Waals surface area contributed by atoms with Crippen LogP contribution in [0.25, 0.3) is 21.8 Å². The largest absolute Gasteiger partial charge is 0.508 e. The molecule has 27 heavy (non-hydrogen) atoms. The molecule has 6 nitrogen and oxygen atoms in total. The third-order valence-corrected chi connectivity index (χ3v) is 4.25. The van der Waals surface area contributed by atoms with Gasteiger partial charge in [0.15, 0.2) is 0 Å². The molecule has 0 aliphatic heterocycles. The molecule has 0 radical (unpaired) electrons. The van der Waals surface area contributed by atoms with Gasteiger partial charge in [-0.1, -0.05) is 0 Å². The quantitative estimate of drug-likeness (QED) is 0.482. The minimum atomic E-state index is -0.113. The molecule has 138 valence electrons. The van der Waals surface area contributed by atoms with Crippen LogP contribution in [0.5, 0.6) is 11.5 Å². The maximum Gasteiger partial charge on any atom is 0.251 e. The number of fused-ring (bicyclic) bond motifs is 2. The lowest BCUT2D eigenvalue weighted by atomic mass is 10.1. The van der Waals surface area contributed by atoms with Crippen molar-refractivity contribution in [2.24, 2.45) is 0 Å². The maximum atomic E-state index is 11.3. The van der Waals surface area contributed by atoms with Gasteiger partial charge in [-0.15, -0.1) is 0 Å². The number of hydrogen-bond donors (Lipinski definition) is 3. The predicted octanol–water partition coefficient (Wildman–Crippen LogP) is 3.39. The Balaban J connectivity index is 0.000000156. The number of pyridine rings is 2. The van der Waals surface area contributed by atoms with E-state index < -0.39 is 0 Å². The molecule has 0 saturated heterocycles. The fourth-order valence-electron chi connectivity index (χ4n) is 2.71. The van der Waals surface area contributed by atoms with Crippen LogP contribution in [0.2, 0.25) is 0 Å². The highest BCUT2D eigenvalue weighted by Crippen LogP contribution is 2.18. The Kier molecular flexibility index (Phi) is 4.98. The van der Waals surface area contributed by atoms with Crippen molar-refractivity contribution in [2.45, 2.75) is 13.8 Å². The van der Waals surface area contributed by atoms with E-state index in [1.807, 2.05) is 24.3 Å². The Morgan fingerprint density at radius 1 is 0.778 bits per heavy atom. The van der Waals surface area contributed by atoms with Gasteiger partial charge < -0.3 is 19.8 Å². The van der Waals surface area contributed by atoms with Crippen LogP contribution in [0.1, 0.15) is 11.1 Å². The van der Waals surface area contributed by atoms with E-state index in [2.05, 4.69) is 9.97 Å². The first-order valence-electron chi connectivity index (χ1n) is 8.37. The van der Waals surface area contributed by atoms with Crippen LogP contribution in [0.4, 0.5) is 0 Å². The molecule has 0 aliphatic carbocycles. The lowest BCUT2D eigenvalue weighted by molar-refractivity contribution is 0.415. The van der Waals surface area contributed by atoms with Crippen LogP contribution in [-0.2, 0) is 0 Å². The molecule has 3 N–H and O–H groups in total. The van der Waals surface area contributed by atoms with Gasteiger partial charge in [-0.05, 0) is 61.0 Å². The molecular weight excluding hydrogens is 344 g/mol. The SMILES string of the molecule is COc1ccc2cc(C)c(=O)[nH]c2c1.Cc1cc2ccc(O)cc2[nH]c1=O. The van der Waals surface area contributed by atoms with E-state index in [-0.39, 0.29) is 16.9 Å². The number of methoxy groups -OCH3 is 1. The van der Waals surface area contributed by atoms with Gasteiger partial charge in [0.25, 0.3) is 11.1 Å². The normalized spacial score (nSPS) is 10.5. The van der Waals surface area contributed by atoms with Gasteiger partial charge in [0.05, 0.1) is 18.1 Å². The highest BCUT2D eigenvalue weighted by Gasteiger charge is 2.00. The van der Waals surface area contributed by atoms with E-state index in [4.69, 9.17) is 9.84 Å². The number of H-pyrrole nitrogens is 2. The molecule has 0 unspecified atom stereocenters. The zero-order valence-electron chi connectivity index (χ0n) is 15.3. The zero-order chi connectivity index (χ0) is 19.6. The first-order valence-corrected chi connectivity index (χ1v) is 8.37. The maximum absolute atomic E-state index is 11.3. The molecule has 4 aromatic rings. The van der Waals surface area contributed by atoms with Crippen molar-refractivity contribution in [1.29, 1.82) is 0 Å². The smallest absolute Gasteiger partial charge is 0.251 e. The summed E-state index contributed by atoms with van der Waals surface area (Å²) in [5.74, 6) is 0.906. The molecule has 2 aromatic carbocycles. The highest BCUT2D eigenvalue weighted by atomic mass is 16.5. The van der Waals surface area contributed by atoms with Gasteiger partial charge in [-0.25, -0.2) is 0 Å². The number of aromatic amines is 2.